The van der Waals surface area contributed by atoms with Crippen molar-refractivity contribution in [2.24, 2.45) is 0 Å². The molecule has 0 bridgehead atoms. The lowest BCUT2D eigenvalue weighted by Crippen LogP contribution is -2.13. The third kappa shape index (κ3) is 3.29. The van der Waals surface area contributed by atoms with Gasteiger partial charge in [-0.15, -0.1) is 0 Å². The van der Waals surface area contributed by atoms with Crippen LogP contribution in [0.5, 0.6) is 0 Å². The van der Waals surface area contributed by atoms with E-state index in [2.05, 4.69) is 15.9 Å². The number of ketones is 1. The Morgan fingerprint density at radius 3 is 2.57 bits per heavy atom. The van der Waals surface area contributed by atoms with Gasteiger partial charge in [0.05, 0.1) is 11.1 Å². The first-order chi connectivity index (χ1) is 9.93. The number of nitriles is 1. The lowest BCUT2D eigenvalue weighted by atomic mass is 9.91. The Balaban J connectivity index is 2.49. The van der Waals surface area contributed by atoms with E-state index in [1.54, 1.807) is 12.1 Å². The summed E-state index contributed by atoms with van der Waals surface area (Å²) in [6.07, 6.45) is 0. The molecule has 0 saturated heterocycles. The van der Waals surface area contributed by atoms with Crippen LogP contribution >= 0.6 is 27.5 Å². The van der Waals surface area contributed by atoms with Crippen molar-refractivity contribution in [1.29, 1.82) is 5.26 Å². The van der Waals surface area contributed by atoms with Gasteiger partial charge in [0, 0.05) is 21.7 Å². The second-order valence-corrected chi connectivity index (χ2v) is 5.54. The lowest BCUT2D eigenvalue weighted by molar-refractivity contribution is 0.0977. The fourth-order valence-electron chi connectivity index (χ4n) is 1.85. The largest absolute Gasteiger partial charge is 0.292 e. The molecule has 2 nitrogen and oxygen atoms in total. The van der Waals surface area contributed by atoms with E-state index in [1.165, 1.54) is 12.1 Å². The average molecular weight is 371 g/mol. The standard InChI is InChI=1S/C15H7BrClF2NO/c16-8-1-4-13(17)11(5-8)15(21)12(7-20)10-3-2-9(18)6-14(10)19/h1-6,12H. The molecule has 21 heavy (non-hydrogen) atoms. The van der Waals surface area contributed by atoms with Gasteiger partial charge >= 0.3 is 0 Å². The second kappa shape index (κ2) is 6.33. The number of halogens is 4. The van der Waals surface area contributed by atoms with Crippen molar-refractivity contribution in [3.63, 3.8) is 0 Å². The van der Waals surface area contributed by atoms with E-state index in [4.69, 9.17) is 11.6 Å². The van der Waals surface area contributed by atoms with Crippen molar-refractivity contribution in [2.45, 2.75) is 5.92 Å². The van der Waals surface area contributed by atoms with Gasteiger partial charge in [0.1, 0.15) is 17.6 Å². The highest BCUT2D eigenvalue weighted by molar-refractivity contribution is 9.10. The maximum absolute atomic E-state index is 13.8. The number of hydrogen-bond donors (Lipinski definition) is 0. The maximum Gasteiger partial charge on any atom is 0.186 e. The highest BCUT2D eigenvalue weighted by atomic mass is 79.9. The van der Waals surface area contributed by atoms with Crippen molar-refractivity contribution in [3.05, 3.63) is 68.7 Å². The predicted octanol–water partition coefficient (Wildman–Crippen LogP) is 4.87. The molecule has 6 heteroatoms. The van der Waals surface area contributed by atoms with Crippen LogP contribution in [0.3, 0.4) is 0 Å². The number of nitrogens with zero attached hydrogens (tertiary/aromatic N) is 1. The van der Waals surface area contributed by atoms with Crippen molar-refractivity contribution in [1.82, 2.24) is 0 Å². The minimum absolute atomic E-state index is 0.0984. The van der Waals surface area contributed by atoms with Crippen LogP contribution in [0, 0.1) is 23.0 Å². The molecular formula is C15H7BrClF2NO. The Morgan fingerprint density at radius 2 is 1.95 bits per heavy atom. The van der Waals surface area contributed by atoms with Crippen molar-refractivity contribution < 1.29 is 13.6 Å². The quantitative estimate of drug-likeness (QED) is 0.723. The van der Waals surface area contributed by atoms with Gasteiger partial charge in [0.15, 0.2) is 5.78 Å². The van der Waals surface area contributed by atoms with Crippen molar-refractivity contribution in [3.8, 4) is 6.07 Å². The SMILES string of the molecule is N#CC(C(=O)c1cc(Br)ccc1Cl)c1ccc(F)cc1F. The van der Waals surface area contributed by atoms with Crippen LogP contribution in [0.25, 0.3) is 0 Å². The van der Waals surface area contributed by atoms with Gasteiger partial charge in [0.2, 0.25) is 0 Å². The van der Waals surface area contributed by atoms with Crippen LogP contribution in [-0.2, 0) is 0 Å². The normalized spacial score (nSPS) is 11.8. The first-order valence-electron chi connectivity index (χ1n) is 5.78. The zero-order chi connectivity index (χ0) is 15.6. The summed E-state index contributed by atoms with van der Waals surface area (Å²) in [6.45, 7) is 0. The molecule has 1 unspecified atom stereocenters. The van der Waals surface area contributed by atoms with Gasteiger partial charge in [-0.1, -0.05) is 33.6 Å². The molecule has 2 aromatic carbocycles. The molecule has 1 atom stereocenters. The van der Waals surface area contributed by atoms with Gasteiger partial charge in [-0.2, -0.15) is 5.26 Å². The number of benzene rings is 2. The molecule has 0 amide bonds. The van der Waals surface area contributed by atoms with Crippen LogP contribution in [0.2, 0.25) is 5.02 Å². The summed E-state index contributed by atoms with van der Waals surface area (Å²) < 4.78 is 27.3. The van der Waals surface area contributed by atoms with E-state index >= 15 is 0 Å². The highest BCUT2D eigenvalue weighted by Crippen LogP contribution is 2.28. The van der Waals surface area contributed by atoms with Crippen LogP contribution < -0.4 is 0 Å². The van der Waals surface area contributed by atoms with Gasteiger partial charge in [-0.3, -0.25) is 4.79 Å². The van der Waals surface area contributed by atoms with Gasteiger partial charge < -0.3 is 0 Å². The van der Waals surface area contributed by atoms with Gasteiger partial charge in [0.25, 0.3) is 0 Å². The van der Waals surface area contributed by atoms with E-state index in [1.807, 2.05) is 0 Å². The third-order valence-corrected chi connectivity index (χ3v) is 3.68. The Kier molecular flexibility index (Phi) is 4.71. The molecular weight excluding hydrogens is 364 g/mol. The molecule has 0 aromatic heterocycles. The predicted molar refractivity (Wildman–Crippen MR) is 78.2 cm³/mol. The topological polar surface area (TPSA) is 40.9 Å². The zero-order valence-corrected chi connectivity index (χ0v) is 12.8. The first-order valence-corrected chi connectivity index (χ1v) is 6.95. The molecule has 0 aliphatic heterocycles. The van der Waals surface area contributed by atoms with E-state index in [0.29, 0.717) is 10.5 Å². The average Bonchev–Trinajstić information content (AvgIpc) is 2.44. The summed E-state index contributed by atoms with van der Waals surface area (Å²) in [6, 6.07) is 9.04. The third-order valence-electron chi connectivity index (χ3n) is 2.86. The molecule has 0 fully saturated rings. The van der Waals surface area contributed by atoms with Crippen LogP contribution in [0.1, 0.15) is 21.8 Å². The lowest BCUT2D eigenvalue weighted by Gasteiger charge is -2.11. The molecule has 0 saturated carbocycles. The molecule has 0 spiro atoms. The summed E-state index contributed by atoms with van der Waals surface area (Å²) in [5.41, 5.74) is -0.0822. The molecule has 0 radical (unpaired) electrons. The van der Waals surface area contributed by atoms with E-state index in [-0.39, 0.29) is 16.1 Å². The summed E-state index contributed by atoms with van der Waals surface area (Å²) in [4.78, 5) is 12.4. The van der Waals surface area contributed by atoms with E-state index in [0.717, 1.165) is 12.1 Å². The Morgan fingerprint density at radius 1 is 1.24 bits per heavy atom. The Hall–Kier alpha value is -1.77. The number of carbonyl (C=O) groups is 1. The number of carbonyl (C=O) groups excluding carboxylic acids is 1. The Bertz CT molecular complexity index is 758. The fraction of sp³-hybridized carbons (Fsp3) is 0.0667. The minimum Gasteiger partial charge on any atom is -0.292 e. The van der Waals surface area contributed by atoms with Crippen LogP contribution in [0.4, 0.5) is 8.78 Å². The zero-order valence-electron chi connectivity index (χ0n) is 10.4. The van der Waals surface area contributed by atoms with Crippen LogP contribution in [0.15, 0.2) is 40.9 Å². The van der Waals surface area contributed by atoms with Gasteiger partial charge in [-0.25, -0.2) is 8.78 Å². The summed E-state index contributed by atoms with van der Waals surface area (Å²) in [7, 11) is 0. The first kappa shape index (κ1) is 15.6. The smallest absolute Gasteiger partial charge is 0.186 e. The number of rotatable bonds is 3. The fourth-order valence-corrected chi connectivity index (χ4v) is 2.42. The molecule has 106 valence electrons. The molecule has 2 aromatic rings. The number of Topliss-reactive ketones (excluding diaryl/α,β-unsaturated/α-hetero) is 1. The van der Waals surface area contributed by atoms with E-state index < -0.39 is 23.3 Å². The summed E-state index contributed by atoms with van der Waals surface area (Å²) in [5, 5.41) is 9.34. The van der Waals surface area contributed by atoms with Crippen molar-refractivity contribution >= 4 is 33.3 Å². The Labute approximate surface area is 133 Å². The molecule has 2 rings (SSSR count). The van der Waals surface area contributed by atoms with E-state index in [9.17, 15) is 18.8 Å². The molecule has 0 heterocycles. The maximum atomic E-state index is 13.8. The van der Waals surface area contributed by atoms with Crippen molar-refractivity contribution in [2.75, 3.05) is 0 Å². The second-order valence-electron chi connectivity index (χ2n) is 4.22. The summed E-state index contributed by atoms with van der Waals surface area (Å²) >= 11 is 9.14. The molecule has 0 N–H and O–H groups in total. The monoisotopic (exact) mass is 369 g/mol. The summed E-state index contributed by atoms with van der Waals surface area (Å²) in [5.74, 6) is -3.76. The molecule has 0 aliphatic rings. The number of hydrogen-bond acceptors (Lipinski definition) is 2. The van der Waals surface area contributed by atoms with Crippen LogP contribution in [-0.4, -0.2) is 5.78 Å². The van der Waals surface area contributed by atoms with Gasteiger partial charge in [-0.05, 0) is 24.3 Å². The molecule has 0 aliphatic carbocycles. The highest BCUT2D eigenvalue weighted by Gasteiger charge is 2.26. The minimum atomic E-state index is -1.39.